The minimum atomic E-state index is -3.50. The molecule has 2 bridgehead atoms. The number of carbonyl (C=O) groups is 1. The standard InChI is InChI=1S/C14H18N2O4S/c1-10(17)15-11-2-6-14(7-3-11)21(18,19)16-12-4-5-13(16)9-20-8-12/h2-3,6-7,12-13H,4-5,8-9H2,1H3,(H,15,17)/t12-,13-/m1/s1. The average molecular weight is 310 g/mol. The van der Waals surface area contributed by atoms with E-state index >= 15 is 0 Å². The van der Waals surface area contributed by atoms with Crippen molar-refractivity contribution in [2.24, 2.45) is 0 Å². The summed E-state index contributed by atoms with van der Waals surface area (Å²) in [5.74, 6) is -0.183. The Hall–Kier alpha value is -1.44. The van der Waals surface area contributed by atoms with Crippen molar-refractivity contribution in [3.8, 4) is 0 Å². The number of ether oxygens (including phenoxy) is 1. The van der Waals surface area contributed by atoms with Gasteiger partial charge in [0, 0.05) is 24.7 Å². The second-order valence-electron chi connectivity index (χ2n) is 5.46. The fourth-order valence-corrected chi connectivity index (χ4v) is 4.86. The molecule has 0 unspecified atom stereocenters. The summed E-state index contributed by atoms with van der Waals surface area (Å²) in [7, 11) is -3.50. The third kappa shape index (κ3) is 2.68. The van der Waals surface area contributed by atoms with E-state index in [2.05, 4.69) is 5.32 Å². The molecule has 3 rings (SSSR count). The van der Waals surface area contributed by atoms with Gasteiger partial charge in [-0.15, -0.1) is 0 Å². The molecule has 2 aliphatic rings. The van der Waals surface area contributed by atoms with E-state index in [1.807, 2.05) is 0 Å². The van der Waals surface area contributed by atoms with Crippen molar-refractivity contribution in [1.82, 2.24) is 4.31 Å². The number of hydrogen-bond donors (Lipinski definition) is 1. The minimum Gasteiger partial charge on any atom is -0.378 e. The van der Waals surface area contributed by atoms with Gasteiger partial charge in [-0.1, -0.05) is 0 Å². The van der Waals surface area contributed by atoms with Crippen LogP contribution in [-0.2, 0) is 19.6 Å². The Labute approximate surface area is 124 Å². The van der Waals surface area contributed by atoms with Gasteiger partial charge in [0.05, 0.1) is 18.1 Å². The van der Waals surface area contributed by atoms with Crippen molar-refractivity contribution in [3.63, 3.8) is 0 Å². The van der Waals surface area contributed by atoms with Crippen LogP contribution in [-0.4, -0.2) is 43.9 Å². The summed E-state index contributed by atoms with van der Waals surface area (Å²) in [5.41, 5.74) is 0.589. The van der Waals surface area contributed by atoms with Crippen LogP contribution in [0.15, 0.2) is 29.2 Å². The number of fused-ring (bicyclic) bond motifs is 2. The van der Waals surface area contributed by atoms with E-state index in [0.29, 0.717) is 18.9 Å². The smallest absolute Gasteiger partial charge is 0.243 e. The molecular formula is C14H18N2O4S. The lowest BCUT2D eigenvalue weighted by Gasteiger charge is -2.33. The van der Waals surface area contributed by atoms with Crippen LogP contribution >= 0.6 is 0 Å². The predicted molar refractivity (Wildman–Crippen MR) is 77.4 cm³/mol. The van der Waals surface area contributed by atoms with Crippen LogP contribution in [0.4, 0.5) is 5.69 Å². The Bertz CT molecular complexity index is 625. The molecule has 1 N–H and O–H groups in total. The third-order valence-corrected chi connectivity index (χ3v) is 5.94. The lowest BCUT2D eigenvalue weighted by Crippen LogP contribution is -2.48. The minimum absolute atomic E-state index is 0.0521. The molecule has 1 aromatic carbocycles. The molecule has 0 aromatic heterocycles. The molecular weight excluding hydrogens is 292 g/mol. The molecule has 6 nitrogen and oxygen atoms in total. The van der Waals surface area contributed by atoms with Crippen LogP contribution in [0.3, 0.4) is 0 Å². The van der Waals surface area contributed by atoms with E-state index in [9.17, 15) is 13.2 Å². The first-order valence-electron chi connectivity index (χ1n) is 6.97. The van der Waals surface area contributed by atoms with Crippen molar-refractivity contribution in [2.45, 2.75) is 36.7 Å². The van der Waals surface area contributed by atoms with Crippen LogP contribution in [0.25, 0.3) is 0 Å². The number of hydrogen-bond acceptors (Lipinski definition) is 4. The van der Waals surface area contributed by atoms with Crippen molar-refractivity contribution in [1.29, 1.82) is 0 Å². The molecule has 1 aromatic rings. The first kappa shape index (κ1) is 14.5. The molecule has 2 saturated heterocycles. The number of anilines is 1. The van der Waals surface area contributed by atoms with Crippen LogP contribution < -0.4 is 5.32 Å². The number of nitrogens with zero attached hydrogens (tertiary/aromatic N) is 1. The molecule has 114 valence electrons. The van der Waals surface area contributed by atoms with Crippen LogP contribution in [0.5, 0.6) is 0 Å². The first-order chi connectivity index (χ1) is 9.98. The average Bonchev–Trinajstić information content (AvgIpc) is 2.70. The van der Waals surface area contributed by atoms with Gasteiger partial charge in [0.1, 0.15) is 0 Å². The highest BCUT2D eigenvalue weighted by Crippen LogP contribution is 2.34. The van der Waals surface area contributed by atoms with Gasteiger partial charge in [0.15, 0.2) is 0 Å². The summed E-state index contributed by atoms with van der Waals surface area (Å²) in [6.45, 7) is 2.36. The molecule has 2 atom stereocenters. The lowest BCUT2D eigenvalue weighted by atomic mass is 10.2. The monoisotopic (exact) mass is 310 g/mol. The van der Waals surface area contributed by atoms with Crippen LogP contribution in [0.2, 0.25) is 0 Å². The predicted octanol–water partition coefficient (Wildman–Crippen LogP) is 1.20. The zero-order valence-corrected chi connectivity index (χ0v) is 12.6. The number of benzene rings is 1. The SMILES string of the molecule is CC(=O)Nc1ccc(S(=O)(=O)N2[C@@H]3CC[C@@H]2COC3)cc1. The number of rotatable bonds is 3. The Morgan fingerprint density at radius 1 is 1.19 bits per heavy atom. The van der Waals surface area contributed by atoms with Gasteiger partial charge in [-0.2, -0.15) is 4.31 Å². The molecule has 0 aliphatic carbocycles. The normalized spacial score (nSPS) is 25.8. The molecule has 1 amide bonds. The van der Waals surface area contributed by atoms with Crippen molar-refractivity contribution in [3.05, 3.63) is 24.3 Å². The molecule has 0 spiro atoms. The van der Waals surface area contributed by atoms with Gasteiger partial charge < -0.3 is 10.1 Å². The van der Waals surface area contributed by atoms with Gasteiger partial charge in [-0.25, -0.2) is 8.42 Å². The topological polar surface area (TPSA) is 75.7 Å². The summed E-state index contributed by atoms with van der Waals surface area (Å²) in [5, 5.41) is 2.63. The fraction of sp³-hybridized carbons (Fsp3) is 0.500. The van der Waals surface area contributed by atoms with E-state index in [-0.39, 0.29) is 22.9 Å². The molecule has 0 saturated carbocycles. The van der Waals surface area contributed by atoms with Gasteiger partial charge in [0.25, 0.3) is 0 Å². The van der Waals surface area contributed by atoms with Crippen LogP contribution in [0, 0.1) is 0 Å². The fourth-order valence-electron chi connectivity index (χ4n) is 3.02. The summed E-state index contributed by atoms with van der Waals surface area (Å²) in [4.78, 5) is 11.2. The molecule has 2 fully saturated rings. The van der Waals surface area contributed by atoms with Crippen molar-refractivity contribution in [2.75, 3.05) is 18.5 Å². The van der Waals surface area contributed by atoms with Crippen molar-refractivity contribution >= 4 is 21.6 Å². The Morgan fingerprint density at radius 3 is 2.29 bits per heavy atom. The van der Waals surface area contributed by atoms with E-state index < -0.39 is 10.0 Å². The largest absolute Gasteiger partial charge is 0.378 e. The second kappa shape index (κ2) is 5.40. The molecule has 2 heterocycles. The summed E-state index contributed by atoms with van der Waals surface area (Å²) in [6.07, 6.45) is 1.71. The van der Waals surface area contributed by atoms with Crippen molar-refractivity contribution < 1.29 is 17.9 Å². The Morgan fingerprint density at radius 2 is 1.76 bits per heavy atom. The highest BCUT2D eigenvalue weighted by Gasteiger charge is 2.44. The maximum absolute atomic E-state index is 12.8. The lowest BCUT2D eigenvalue weighted by molar-refractivity contribution is -0.114. The highest BCUT2D eigenvalue weighted by molar-refractivity contribution is 7.89. The molecule has 7 heteroatoms. The van der Waals surface area contributed by atoms with E-state index in [1.54, 1.807) is 16.4 Å². The third-order valence-electron chi connectivity index (χ3n) is 3.92. The van der Waals surface area contributed by atoms with E-state index in [4.69, 9.17) is 4.74 Å². The molecule has 0 radical (unpaired) electrons. The maximum atomic E-state index is 12.8. The zero-order chi connectivity index (χ0) is 15.0. The second-order valence-corrected chi connectivity index (χ2v) is 7.31. The van der Waals surface area contributed by atoms with Crippen LogP contribution in [0.1, 0.15) is 19.8 Å². The van der Waals surface area contributed by atoms with Gasteiger partial charge in [-0.05, 0) is 37.1 Å². The first-order valence-corrected chi connectivity index (χ1v) is 8.41. The van der Waals surface area contributed by atoms with E-state index in [0.717, 1.165) is 12.8 Å². The number of nitrogens with one attached hydrogen (secondary N) is 1. The summed E-state index contributed by atoms with van der Waals surface area (Å²) in [6, 6.07) is 6.19. The molecule has 21 heavy (non-hydrogen) atoms. The van der Waals surface area contributed by atoms with Gasteiger partial charge >= 0.3 is 0 Å². The van der Waals surface area contributed by atoms with Gasteiger partial charge in [0.2, 0.25) is 15.9 Å². The van der Waals surface area contributed by atoms with Gasteiger partial charge in [-0.3, -0.25) is 4.79 Å². The summed E-state index contributed by atoms with van der Waals surface area (Å²) >= 11 is 0. The van der Waals surface area contributed by atoms with E-state index in [1.165, 1.54) is 19.1 Å². The summed E-state index contributed by atoms with van der Waals surface area (Å²) < 4.78 is 32.6. The maximum Gasteiger partial charge on any atom is 0.243 e. The number of sulfonamides is 1. The Kier molecular flexibility index (Phi) is 3.73. The quantitative estimate of drug-likeness (QED) is 0.910. The molecule has 2 aliphatic heterocycles. The Balaban J connectivity index is 1.86. The highest BCUT2D eigenvalue weighted by atomic mass is 32.2. The number of morpholine rings is 1. The zero-order valence-electron chi connectivity index (χ0n) is 11.8. The number of amides is 1. The number of carbonyl (C=O) groups excluding carboxylic acids is 1.